The highest BCUT2D eigenvalue weighted by atomic mass is 32.1. The van der Waals surface area contributed by atoms with E-state index in [9.17, 15) is 0 Å². The van der Waals surface area contributed by atoms with Gasteiger partial charge in [-0.3, -0.25) is 0 Å². The summed E-state index contributed by atoms with van der Waals surface area (Å²) in [4.78, 5) is 1.47. The van der Waals surface area contributed by atoms with Crippen molar-refractivity contribution < 1.29 is 4.74 Å². The lowest BCUT2D eigenvalue weighted by Gasteiger charge is -2.18. The van der Waals surface area contributed by atoms with Crippen LogP contribution in [0, 0.1) is 6.92 Å². The van der Waals surface area contributed by atoms with Crippen molar-refractivity contribution in [3.8, 4) is 0 Å². The first-order valence-electron chi connectivity index (χ1n) is 6.64. The lowest BCUT2D eigenvalue weighted by atomic mass is 10.1. The van der Waals surface area contributed by atoms with Crippen molar-refractivity contribution in [2.45, 2.75) is 46.1 Å². The molecule has 2 nitrogen and oxygen atoms in total. The van der Waals surface area contributed by atoms with Gasteiger partial charge in [0.1, 0.15) is 0 Å². The Balaban J connectivity index is 2.46. The molecule has 0 bridgehead atoms. The molecule has 0 saturated carbocycles. The molecule has 1 unspecified atom stereocenters. The van der Waals surface area contributed by atoms with E-state index in [2.05, 4.69) is 37.5 Å². The summed E-state index contributed by atoms with van der Waals surface area (Å²) in [5.74, 6) is 0. The summed E-state index contributed by atoms with van der Waals surface area (Å²) in [6, 6.07) is 2.67. The Bertz CT molecular complexity index is 298. The van der Waals surface area contributed by atoms with Gasteiger partial charge in [0, 0.05) is 24.1 Å². The molecule has 3 heteroatoms. The van der Waals surface area contributed by atoms with Gasteiger partial charge in [0.05, 0.1) is 0 Å². The number of aryl methyl sites for hydroxylation is 1. The standard InChI is InChI=1S/C14H25NOS/c1-4-8-15-13(6-10-16-9-5-2)14-12(3)7-11-17-14/h7,11,13,15H,4-6,8-10H2,1-3H3. The van der Waals surface area contributed by atoms with Crippen LogP contribution in [0.2, 0.25) is 0 Å². The van der Waals surface area contributed by atoms with Crippen molar-refractivity contribution in [2.75, 3.05) is 19.8 Å². The maximum absolute atomic E-state index is 5.60. The minimum atomic E-state index is 0.465. The second-order valence-corrected chi connectivity index (χ2v) is 5.32. The third-order valence-corrected chi connectivity index (χ3v) is 3.89. The van der Waals surface area contributed by atoms with Crippen molar-refractivity contribution in [3.63, 3.8) is 0 Å². The summed E-state index contributed by atoms with van der Waals surface area (Å²) < 4.78 is 5.60. The van der Waals surface area contributed by atoms with E-state index in [-0.39, 0.29) is 0 Å². The van der Waals surface area contributed by atoms with Gasteiger partial charge < -0.3 is 10.1 Å². The molecule has 0 amide bonds. The molecular formula is C14H25NOS. The van der Waals surface area contributed by atoms with Gasteiger partial charge in [-0.15, -0.1) is 11.3 Å². The van der Waals surface area contributed by atoms with Crippen LogP contribution in [0.15, 0.2) is 11.4 Å². The fourth-order valence-electron chi connectivity index (χ4n) is 1.83. The van der Waals surface area contributed by atoms with Gasteiger partial charge in [-0.2, -0.15) is 0 Å². The zero-order valence-electron chi connectivity index (χ0n) is 11.3. The number of hydrogen-bond acceptors (Lipinski definition) is 3. The van der Waals surface area contributed by atoms with Crippen molar-refractivity contribution in [2.24, 2.45) is 0 Å². The van der Waals surface area contributed by atoms with Crippen LogP contribution in [-0.2, 0) is 4.74 Å². The van der Waals surface area contributed by atoms with Crippen molar-refractivity contribution in [1.29, 1.82) is 0 Å². The molecule has 1 aromatic heterocycles. The smallest absolute Gasteiger partial charge is 0.0484 e. The SMILES string of the molecule is CCCNC(CCOCCC)c1sccc1C. The Kier molecular flexibility index (Phi) is 7.49. The van der Waals surface area contributed by atoms with Crippen LogP contribution in [0.3, 0.4) is 0 Å². The Morgan fingerprint density at radius 1 is 1.29 bits per heavy atom. The molecule has 1 heterocycles. The second kappa shape index (κ2) is 8.67. The van der Waals surface area contributed by atoms with Crippen LogP contribution in [0.5, 0.6) is 0 Å². The van der Waals surface area contributed by atoms with Crippen molar-refractivity contribution in [3.05, 3.63) is 21.9 Å². The molecular weight excluding hydrogens is 230 g/mol. The minimum absolute atomic E-state index is 0.465. The number of rotatable bonds is 9. The van der Waals surface area contributed by atoms with Crippen LogP contribution in [0.1, 0.15) is 49.6 Å². The maximum Gasteiger partial charge on any atom is 0.0484 e. The molecule has 17 heavy (non-hydrogen) atoms. The fraction of sp³-hybridized carbons (Fsp3) is 0.714. The molecule has 1 N–H and O–H groups in total. The first-order valence-corrected chi connectivity index (χ1v) is 7.52. The van der Waals surface area contributed by atoms with Crippen LogP contribution < -0.4 is 5.32 Å². The lowest BCUT2D eigenvalue weighted by Crippen LogP contribution is -2.23. The first kappa shape index (κ1) is 14.7. The quantitative estimate of drug-likeness (QED) is 0.675. The third kappa shape index (κ3) is 5.19. The summed E-state index contributed by atoms with van der Waals surface area (Å²) in [5.41, 5.74) is 1.40. The Labute approximate surface area is 109 Å². The van der Waals surface area contributed by atoms with Gasteiger partial charge >= 0.3 is 0 Å². The second-order valence-electron chi connectivity index (χ2n) is 4.38. The monoisotopic (exact) mass is 255 g/mol. The van der Waals surface area contributed by atoms with E-state index in [1.54, 1.807) is 0 Å². The zero-order valence-corrected chi connectivity index (χ0v) is 12.1. The van der Waals surface area contributed by atoms with Crippen LogP contribution in [0.25, 0.3) is 0 Å². The summed E-state index contributed by atoms with van der Waals surface area (Å²) in [5, 5.41) is 5.80. The Hall–Kier alpha value is -0.380. The molecule has 0 saturated heterocycles. The molecule has 0 radical (unpaired) electrons. The minimum Gasteiger partial charge on any atom is -0.381 e. The molecule has 0 aliphatic heterocycles. The van der Waals surface area contributed by atoms with E-state index < -0.39 is 0 Å². The number of nitrogens with one attached hydrogen (secondary N) is 1. The summed E-state index contributed by atoms with van der Waals surface area (Å²) in [7, 11) is 0. The lowest BCUT2D eigenvalue weighted by molar-refractivity contribution is 0.125. The van der Waals surface area contributed by atoms with E-state index >= 15 is 0 Å². The van der Waals surface area contributed by atoms with Gasteiger partial charge in [0.2, 0.25) is 0 Å². The predicted octanol–water partition coefficient (Wildman–Crippen LogP) is 3.91. The van der Waals surface area contributed by atoms with Gasteiger partial charge in [-0.25, -0.2) is 0 Å². The summed E-state index contributed by atoms with van der Waals surface area (Å²) >= 11 is 1.85. The summed E-state index contributed by atoms with van der Waals surface area (Å²) in [6.07, 6.45) is 3.35. The van der Waals surface area contributed by atoms with Crippen LogP contribution in [0.4, 0.5) is 0 Å². The van der Waals surface area contributed by atoms with Crippen molar-refractivity contribution in [1.82, 2.24) is 5.32 Å². The fourth-order valence-corrected chi connectivity index (χ4v) is 2.87. The Morgan fingerprint density at radius 2 is 2.12 bits per heavy atom. The molecule has 98 valence electrons. The molecule has 0 aliphatic rings. The first-order chi connectivity index (χ1) is 8.29. The molecule has 0 aromatic carbocycles. The van der Waals surface area contributed by atoms with Crippen molar-refractivity contribution >= 4 is 11.3 Å². The maximum atomic E-state index is 5.60. The van der Waals surface area contributed by atoms with E-state index in [4.69, 9.17) is 4.74 Å². The highest BCUT2D eigenvalue weighted by molar-refractivity contribution is 7.10. The van der Waals surface area contributed by atoms with Gasteiger partial charge in [-0.1, -0.05) is 13.8 Å². The average Bonchev–Trinajstić information content (AvgIpc) is 2.75. The van der Waals surface area contributed by atoms with Gasteiger partial charge in [0.25, 0.3) is 0 Å². The molecule has 0 aliphatic carbocycles. The topological polar surface area (TPSA) is 21.3 Å². The van der Waals surface area contributed by atoms with E-state index in [1.807, 2.05) is 11.3 Å². The molecule has 0 fully saturated rings. The highest BCUT2D eigenvalue weighted by Crippen LogP contribution is 2.26. The van der Waals surface area contributed by atoms with E-state index in [1.165, 1.54) is 16.9 Å². The van der Waals surface area contributed by atoms with Crippen LogP contribution in [-0.4, -0.2) is 19.8 Å². The number of ether oxygens (including phenoxy) is 1. The molecule has 0 spiro atoms. The third-order valence-electron chi connectivity index (χ3n) is 2.76. The highest BCUT2D eigenvalue weighted by Gasteiger charge is 2.13. The number of hydrogen-bond donors (Lipinski definition) is 1. The normalized spacial score (nSPS) is 12.9. The molecule has 1 atom stereocenters. The van der Waals surface area contributed by atoms with Gasteiger partial charge in [0.15, 0.2) is 0 Å². The van der Waals surface area contributed by atoms with E-state index in [0.717, 1.165) is 32.6 Å². The molecule has 1 aromatic rings. The van der Waals surface area contributed by atoms with E-state index in [0.29, 0.717) is 6.04 Å². The number of thiophene rings is 1. The molecule has 1 rings (SSSR count). The zero-order chi connectivity index (χ0) is 12.5. The van der Waals surface area contributed by atoms with Gasteiger partial charge in [-0.05, 0) is 49.7 Å². The predicted molar refractivity (Wildman–Crippen MR) is 75.8 cm³/mol. The van der Waals surface area contributed by atoms with Crippen LogP contribution >= 0.6 is 11.3 Å². The average molecular weight is 255 g/mol. The Morgan fingerprint density at radius 3 is 2.71 bits per heavy atom. The summed E-state index contributed by atoms with van der Waals surface area (Å²) in [6.45, 7) is 9.36. The largest absolute Gasteiger partial charge is 0.381 e.